The van der Waals surface area contributed by atoms with Crippen molar-refractivity contribution >= 4 is 28.2 Å². The molecule has 2 aromatic carbocycles. The van der Waals surface area contributed by atoms with Crippen LogP contribution in [-0.2, 0) is 0 Å². The van der Waals surface area contributed by atoms with Crippen LogP contribution in [0.25, 0.3) is 16.6 Å². The van der Waals surface area contributed by atoms with E-state index in [2.05, 4.69) is 10.1 Å². The summed E-state index contributed by atoms with van der Waals surface area (Å²) in [5, 5.41) is 5.16. The minimum absolute atomic E-state index is 0.0730. The van der Waals surface area contributed by atoms with E-state index in [1.54, 1.807) is 18.3 Å². The lowest BCUT2D eigenvalue weighted by atomic mass is 10.1. The number of nitrogens with two attached hydrogens (primary N) is 1. The number of aromatic amines is 1. The fourth-order valence-electron chi connectivity index (χ4n) is 3.08. The molecule has 3 N–H and O–H groups in total. The summed E-state index contributed by atoms with van der Waals surface area (Å²) in [6, 6.07) is 16.6. The van der Waals surface area contributed by atoms with Crippen molar-refractivity contribution in [1.29, 1.82) is 0 Å². The molecule has 0 radical (unpaired) electrons. The van der Waals surface area contributed by atoms with Crippen molar-refractivity contribution in [2.75, 3.05) is 5.73 Å². The fourth-order valence-corrected chi connectivity index (χ4v) is 3.08. The van der Waals surface area contributed by atoms with Gasteiger partial charge in [0.25, 0.3) is 0 Å². The minimum Gasteiger partial charge on any atom is -0.395 e. The van der Waals surface area contributed by atoms with Gasteiger partial charge in [-0.1, -0.05) is 36.4 Å². The Balaban J connectivity index is 1.90. The molecule has 0 atom stereocenters. The van der Waals surface area contributed by atoms with E-state index in [4.69, 9.17) is 5.73 Å². The quantitative estimate of drug-likeness (QED) is 0.555. The summed E-state index contributed by atoms with van der Waals surface area (Å²) >= 11 is 0. The monoisotopic (exact) mass is 344 g/mol. The number of hydrogen-bond donors (Lipinski definition) is 2. The third kappa shape index (κ3) is 2.39. The number of carbonyl (C=O) groups excluding carboxylic acids is 2. The van der Waals surface area contributed by atoms with E-state index in [9.17, 15) is 9.59 Å². The normalized spacial score (nSPS) is 11.0. The molecule has 0 spiro atoms. The van der Waals surface area contributed by atoms with Crippen molar-refractivity contribution in [1.82, 2.24) is 14.8 Å². The van der Waals surface area contributed by atoms with E-state index >= 15 is 0 Å². The number of H-pyrrole nitrogens is 1. The first kappa shape index (κ1) is 15.8. The molecule has 0 unspecified atom stereocenters. The third-order valence-electron chi connectivity index (χ3n) is 4.31. The van der Waals surface area contributed by atoms with Gasteiger partial charge >= 0.3 is 0 Å². The number of nitrogens with zero attached hydrogens (tertiary/aromatic N) is 2. The summed E-state index contributed by atoms with van der Waals surface area (Å²) in [5.74, 6) is -0.575. The first-order valence-electron chi connectivity index (χ1n) is 8.13. The largest absolute Gasteiger partial charge is 0.395 e. The Bertz CT molecular complexity index is 1140. The zero-order valence-electron chi connectivity index (χ0n) is 14.1. The topological polar surface area (TPSA) is 93.8 Å². The number of carbonyl (C=O) groups is 2. The Morgan fingerprint density at radius 1 is 1.04 bits per heavy atom. The van der Waals surface area contributed by atoms with Gasteiger partial charge in [-0.3, -0.25) is 9.59 Å². The van der Waals surface area contributed by atoms with Crippen LogP contribution in [-0.4, -0.2) is 26.3 Å². The predicted octanol–water partition coefficient (Wildman–Crippen LogP) is 3.37. The van der Waals surface area contributed by atoms with E-state index in [0.29, 0.717) is 11.3 Å². The SMILES string of the molecule is CC(=O)c1c(N)c(C(=O)c2c[nH]c3ccccc23)nn1-c1ccccc1. The molecule has 4 aromatic rings. The van der Waals surface area contributed by atoms with Crippen molar-refractivity contribution in [3.8, 4) is 5.69 Å². The number of ketones is 2. The average molecular weight is 344 g/mol. The number of nitrogens with one attached hydrogen (secondary N) is 1. The van der Waals surface area contributed by atoms with Crippen LogP contribution >= 0.6 is 0 Å². The van der Waals surface area contributed by atoms with Gasteiger partial charge in [0.2, 0.25) is 5.78 Å². The van der Waals surface area contributed by atoms with Gasteiger partial charge in [0.15, 0.2) is 11.5 Å². The summed E-state index contributed by atoms with van der Waals surface area (Å²) in [6.45, 7) is 1.41. The van der Waals surface area contributed by atoms with Crippen LogP contribution in [0, 0.1) is 0 Å². The fraction of sp³-hybridized carbons (Fsp3) is 0.0500. The number of nitrogen functional groups attached to an aromatic ring is 1. The van der Waals surface area contributed by atoms with E-state index in [0.717, 1.165) is 10.9 Å². The van der Waals surface area contributed by atoms with Crippen molar-refractivity contribution in [2.24, 2.45) is 0 Å². The molecule has 0 amide bonds. The molecule has 0 bridgehead atoms. The van der Waals surface area contributed by atoms with Gasteiger partial charge in [-0.2, -0.15) is 5.10 Å². The number of anilines is 1. The second-order valence-corrected chi connectivity index (χ2v) is 5.99. The Morgan fingerprint density at radius 3 is 2.46 bits per heavy atom. The summed E-state index contributed by atoms with van der Waals surface area (Å²) in [5.41, 5.74) is 8.52. The van der Waals surface area contributed by atoms with E-state index < -0.39 is 0 Å². The Morgan fingerprint density at radius 2 is 1.73 bits per heavy atom. The van der Waals surface area contributed by atoms with Gasteiger partial charge in [0.05, 0.1) is 11.4 Å². The molecule has 0 saturated carbocycles. The van der Waals surface area contributed by atoms with E-state index in [1.807, 2.05) is 42.5 Å². The molecule has 0 fully saturated rings. The molecule has 0 aliphatic heterocycles. The number of Topliss-reactive ketones (excluding diaryl/α,β-unsaturated/α-hetero) is 1. The lowest BCUT2D eigenvalue weighted by Crippen LogP contribution is -2.07. The molecule has 2 heterocycles. The van der Waals surface area contributed by atoms with Crippen LogP contribution in [0.5, 0.6) is 0 Å². The van der Waals surface area contributed by atoms with Gasteiger partial charge in [0, 0.05) is 29.6 Å². The summed E-state index contributed by atoms with van der Waals surface area (Å²) < 4.78 is 1.43. The Kier molecular flexibility index (Phi) is 3.65. The number of benzene rings is 2. The van der Waals surface area contributed by atoms with Gasteiger partial charge in [-0.15, -0.1) is 0 Å². The lowest BCUT2D eigenvalue weighted by molar-refractivity contribution is 0.100. The molecule has 128 valence electrons. The average Bonchev–Trinajstić information content (AvgIpc) is 3.23. The molecule has 2 aromatic heterocycles. The zero-order chi connectivity index (χ0) is 18.3. The van der Waals surface area contributed by atoms with Gasteiger partial charge in [-0.25, -0.2) is 4.68 Å². The smallest absolute Gasteiger partial charge is 0.217 e. The standard InChI is InChI=1S/C20H16N4O2/c1-12(25)19-17(21)18(23-24(19)13-7-3-2-4-8-13)20(26)15-11-22-16-10-6-5-9-14(15)16/h2-11,22H,21H2,1H3. The third-order valence-corrected chi connectivity index (χ3v) is 4.31. The van der Waals surface area contributed by atoms with Crippen LogP contribution in [0.15, 0.2) is 60.8 Å². The number of para-hydroxylation sites is 2. The molecule has 26 heavy (non-hydrogen) atoms. The predicted molar refractivity (Wildman–Crippen MR) is 99.7 cm³/mol. The van der Waals surface area contributed by atoms with Crippen molar-refractivity contribution in [2.45, 2.75) is 6.92 Å². The van der Waals surface area contributed by atoms with Gasteiger partial charge in [-0.05, 0) is 18.2 Å². The maximum Gasteiger partial charge on any atom is 0.217 e. The molecular formula is C20H16N4O2. The van der Waals surface area contributed by atoms with Crippen LogP contribution in [0.3, 0.4) is 0 Å². The highest BCUT2D eigenvalue weighted by molar-refractivity contribution is 6.19. The molecule has 0 aliphatic carbocycles. The molecule has 6 nitrogen and oxygen atoms in total. The second kappa shape index (κ2) is 6.00. The molecule has 0 aliphatic rings. The second-order valence-electron chi connectivity index (χ2n) is 5.99. The molecule has 4 rings (SSSR count). The van der Waals surface area contributed by atoms with Crippen LogP contribution in [0.4, 0.5) is 5.69 Å². The maximum atomic E-state index is 13.1. The van der Waals surface area contributed by atoms with Crippen molar-refractivity contribution < 1.29 is 9.59 Å². The molecule has 0 saturated heterocycles. The highest BCUT2D eigenvalue weighted by atomic mass is 16.1. The van der Waals surface area contributed by atoms with Crippen molar-refractivity contribution in [3.05, 3.63) is 77.7 Å². The van der Waals surface area contributed by atoms with Crippen LogP contribution in [0.1, 0.15) is 33.5 Å². The highest BCUT2D eigenvalue weighted by Crippen LogP contribution is 2.27. The first-order valence-corrected chi connectivity index (χ1v) is 8.13. The summed E-state index contributed by atoms with van der Waals surface area (Å²) in [7, 11) is 0. The summed E-state index contributed by atoms with van der Waals surface area (Å²) in [4.78, 5) is 28.3. The minimum atomic E-state index is -0.322. The maximum absolute atomic E-state index is 13.1. The lowest BCUT2D eigenvalue weighted by Gasteiger charge is -2.04. The zero-order valence-corrected chi connectivity index (χ0v) is 14.1. The van der Waals surface area contributed by atoms with E-state index in [1.165, 1.54) is 11.6 Å². The Labute approximate surface area is 149 Å². The van der Waals surface area contributed by atoms with Crippen LogP contribution in [0.2, 0.25) is 0 Å². The van der Waals surface area contributed by atoms with Gasteiger partial charge < -0.3 is 10.7 Å². The Hall–Kier alpha value is -3.67. The number of aromatic nitrogens is 3. The number of rotatable bonds is 4. The van der Waals surface area contributed by atoms with Crippen molar-refractivity contribution in [3.63, 3.8) is 0 Å². The van der Waals surface area contributed by atoms with E-state index in [-0.39, 0.29) is 28.6 Å². The number of fused-ring (bicyclic) bond motifs is 1. The highest BCUT2D eigenvalue weighted by Gasteiger charge is 2.26. The summed E-state index contributed by atoms with van der Waals surface area (Å²) in [6.07, 6.45) is 1.64. The first-order chi connectivity index (χ1) is 12.6. The number of hydrogen-bond acceptors (Lipinski definition) is 4. The molecular weight excluding hydrogens is 328 g/mol. The molecule has 6 heteroatoms. The van der Waals surface area contributed by atoms with Gasteiger partial charge in [0.1, 0.15) is 5.69 Å². The van der Waals surface area contributed by atoms with Crippen LogP contribution < -0.4 is 5.73 Å².